The summed E-state index contributed by atoms with van der Waals surface area (Å²) in [7, 11) is 1.56. The highest BCUT2D eigenvalue weighted by Crippen LogP contribution is 2.41. The van der Waals surface area contributed by atoms with E-state index in [2.05, 4.69) is 6.92 Å². The third-order valence-corrected chi connectivity index (χ3v) is 4.33. The summed E-state index contributed by atoms with van der Waals surface area (Å²) in [4.78, 5) is 14.7. The van der Waals surface area contributed by atoms with Crippen LogP contribution < -0.4 is 19.9 Å². The van der Waals surface area contributed by atoms with Gasteiger partial charge >= 0.3 is 0 Å². The molecular formula is C16H23ClN2O4. The minimum absolute atomic E-state index is 0. The number of fused-ring (bicyclic) bond motifs is 1. The van der Waals surface area contributed by atoms with Gasteiger partial charge in [0.2, 0.25) is 5.75 Å². The zero-order valence-corrected chi connectivity index (χ0v) is 14.2. The molecule has 0 radical (unpaired) electrons. The lowest BCUT2D eigenvalue weighted by atomic mass is 10.1. The van der Waals surface area contributed by atoms with E-state index in [0.29, 0.717) is 55.0 Å². The molecule has 1 aromatic rings. The van der Waals surface area contributed by atoms with Gasteiger partial charge < -0.3 is 24.8 Å². The zero-order chi connectivity index (χ0) is 15.7. The summed E-state index contributed by atoms with van der Waals surface area (Å²) >= 11 is 0. The number of rotatable bonds is 3. The van der Waals surface area contributed by atoms with E-state index in [0.717, 1.165) is 6.42 Å². The molecule has 0 spiro atoms. The second kappa shape index (κ2) is 7.27. The lowest BCUT2D eigenvalue weighted by Gasteiger charge is -2.24. The Morgan fingerprint density at radius 2 is 2.13 bits per heavy atom. The summed E-state index contributed by atoms with van der Waals surface area (Å²) in [6.45, 7) is 4.33. The summed E-state index contributed by atoms with van der Waals surface area (Å²) in [6, 6.07) is 3.65. The molecule has 1 aromatic carbocycles. The topological polar surface area (TPSA) is 74.0 Å². The van der Waals surface area contributed by atoms with Gasteiger partial charge in [-0.25, -0.2) is 0 Å². The molecule has 2 aliphatic heterocycles. The molecule has 0 bridgehead atoms. The summed E-state index contributed by atoms with van der Waals surface area (Å²) in [5.74, 6) is 2.02. The van der Waals surface area contributed by atoms with Gasteiger partial charge in [0, 0.05) is 18.2 Å². The van der Waals surface area contributed by atoms with E-state index >= 15 is 0 Å². The maximum atomic E-state index is 12.8. The molecule has 23 heavy (non-hydrogen) atoms. The average molecular weight is 343 g/mol. The second-order valence-electron chi connectivity index (χ2n) is 5.85. The smallest absolute Gasteiger partial charge is 0.254 e. The van der Waals surface area contributed by atoms with Crippen LogP contribution in [-0.4, -0.2) is 50.3 Å². The third kappa shape index (κ3) is 3.33. The number of nitrogens with zero attached hydrogens (tertiary/aromatic N) is 1. The van der Waals surface area contributed by atoms with Crippen molar-refractivity contribution in [3.8, 4) is 17.2 Å². The molecule has 2 atom stereocenters. The van der Waals surface area contributed by atoms with E-state index in [1.165, 1.54) is 0 Å². The van der Waals surface area contributed by atoms with E-state index in [9.17, 15) is 4.79 Å². The molecule has 1 fully saturated rings. The Hall–Kier alpha value is -1.66. The second-order valence-corrected chi connectivity index (χ2v) is 5.85. The maximum absolute atomic E-state index is 12.8. The Kier molecular flexibility index (Phi) is 5.59. The Balaban J connectivity index is 0.00000192. The highest BCUT2D eigenvalue weighted by molar-refractivity contribution is 5.96. The van der Waals surface area contributed by atoms with Gasteiger partial charge in [-0.3, -0.25) is 4.79 Å². The van der Waals surface area contributed by atoms with Gasteiger partial charge in [-0.15, -0.1) is 12.4 Å². The molecule has 2 aliphatic rings. The van der Waals surface area contributed by atoms with Crippen LogP contribution in [0.25, 0.3) is 0 Å². The van der Waals surface area contributed by atoms with Crippen LogP contribution in [0.3, 0.4) is 0 Å². The summed E-state index contributed by atoms with van der Waals surface area (Å²) in [5, 5.41) is 0. The number of nitrogens with two attached hydrogens (primary N) is 1. The van der Waals surface area contributed by atoms with Crippen molar-refractivity contribution in [1.82, 2.24) is 4.90 Å². The number of hydrogen-bond donors (Lipinski definition) is 1. The molecule has 0 aromatic heterocycles. The zero-order valence-electron chi connectivity index (χ0n) is 13.4. The molecule has 3 rings (SSSR count). The van der Waals surface area contributed by atoms with Gasteiger partial charge in [-0.1, -0.05) is 0 Å². The van der Waals surface area contributed by atoms with Crippen molar-refractivity contribution in [3.05, 3.63) is 17.7 Å². The van der Waals surface area contributed by atoms with Crippen LogP contribution in [-0.2, 0) is 0 Å². The van der Waals surface area contributed by atoms with E-state index in [4.69, 9.17) is 19.9 Å². The number of benzene rings is 1. The molecule has 1 amide bonds. The van der Waals surface area contributed by atoms with Gasteiger partial charge in [0.25, 0.3) is 5.91 Å². The van der Waals surface area contributed by atoms with Crippen LogP contribution >= 0.6 is 12.4 Å². The molecule has 2 heterocycles. The maximum Gasteiger partial charge on any atom is 0.254 e. The first kappa shape index (κ1) is 17.7. The number of likely N-dealkylation sites (tertiary alicyclic amines) is 1. The van der Waals surface area contributed by atoms with Crippen molar-refractivity contribution in [1.29, 1.82) is 0 Å². The van der Waals surface area contributed by atoms with Crippen LogP contribution in [0.1, 0.15) is 23.7 Å². The largest absolute Gasteiger partial charge is 0.493 e. The van der Waals surface area contributed by atoms with Crippen LogP contribution in [0.2, 0.25) is 0 Å². The Morgan fingerprint density at radius 1 is 1.39 bits per heavy atom. The predicted octanol–water partition coefficient (Wildman–Crippen LogP) is 1.70. The van der Waals surface area contributed by atoms with Crippen LogP contribution in [0, 0.1) is 5.92 Å². The van der Waals surface area contributed by atoms with Gasteiger partial charge in [0.1, 0.15) is 13.2 Å². The molecular weight excluding hydrogens is 320 g/mol. The number of ether oxygens (including phenoxy) is 3. The van der Waals surface area contributed by atoms with Crippen LogP contribution in [0.4, 0.5) is 0 Å². The Bertz CT molecular complexity index is 564. The number of carbonyl (C=O) groups is 1. The molecule has 7 heteroatoms. The fraction of sp³-hybridized carbons (Fsp3) is 0.562. The Labute approximate surface area is 142 Å². The van der Waals surface area contributed by atoms with Gasteiger partial charge in [0.05, 0.1) is 7.11 Å². The highest BCUT2D eigenvalue weighted by atomic mass is 35.5. The van der Waals surface area contributed by atoms with Crippen molar-refractivity contribution in [3.63, 3.8) is 0 Å². The van der Waals surface area contributed by atoms with Crippen LogP contribution in [0.15, 0.2) is 12.1 Å². The fourth-order valence-electron chi connectivity index (χ4n) is 3.16. The van der Waals surface area contributed by atoms with E-state index in [1.54, 1.807) is 19.2 Å². The first-order valence-corrected chi connectivity index (χ1v) is 7.62. The third-order valence-electron chi connectivity index (χ3n) is 4.33. The molecule has 1 saturated heterocycles. The summed E-state index contributed by atoms with van der Waals surface area (Å²) in [6.07, 6.45) is 0.948. The standard InChI is InChI=1S/C16H22N2O4.ClH/c1-10-5-11(8-17)9-18(10)16(19)12-6-13(20-2)15-14(7-12)21-3-4-22-15;/h6-7,10-11H,3-5,8-9,17H2,1-2H3;1H. The fourth-order valence-corrected chi connectivity index (χ4v) is 3.16. The number of hydrogen-bond acceptors (Lipinski definition) is 5. The molecule has 2 unspecified atom stereocenters. The van der Waals surface area contributed by atoms with Crippen molar-refractivity contribution in [2.75, 3.05) is 33.4 Å². The van der Waals surface area contributed by atoms with Gasteiger partial charge in [-0.05, 0) is 37.9 Å². The quantitative estimate of drug-likeness (QED) is 0.905. The van der Waals surface area contributed by atoms with Gasteiger partial charge in [0.15, 0.2) is 11.5 Å². The van der Waals surface area contributed by atoms with Crippen molar-refractivity contribution >= 4 is 18.3 Å². The normalized spacial score (nSPS) is 22.5. The molecule has 128 valence electrons. The average Bonchev–Trinajstić information content (AvgIpc) is 2.94. The van der Waals surface area contributed by atoms with Crippen molar-refractivity contribution in [2.24, 2.45) is 11.7 Å². The first-order chi connectivity index (χ1) is 10.6. The predicted molar refractivity (Wildman–Crippen MR) is 88.9 cm³/mol. The van der Waals surface area contributed by atoms with Crippen LogP contribution in [0.5, 0.6) is 17.2 Å². The number of amides is 1. The monoisotopic (exact) mass is 342 g/mol. The van der Waals surface area contributed by atoms with E-state index in [1.807, 2.05) is 4.90 Å². The Morgan fingerprint density at radius 3 is 2.78 bits per heavy atom. The van der Waals surface area contributed by atoms with Gasteiger partial charge in [-0.2, -0.15) is 0 Å². The number of methoxy groups -OCH3 is 1. The minimum atomic E-state index is -0.0151. The van der Waals surface area contributed by atoms with Crippen molar-refractivity contribution < 1.29 is 19.0 Å². The molecule has 6 nitrogen and oxygen atoms in total. The summed E-state index contributed by atoms with van der Waals surface area (Å²) in [5.41, 5.74) is 6.30. The number of carbonyl (C=O) groups excluding carboxylic acids is 1. The number of halogens is 1. The highest BCUT2D eigenvalue weighted by Gasteiger charge is 2.33. The van der Waals surface area contributed by atoms with E-state index < -0.39 is 0 Å². The first-order valence-electron chi connectivity index (χ1n) is 7.62. The lowest BCUT2D eigenvalue weighted by Crippen LogP contribution is -2.34. The van der Waals surface area contributed by atoms with Crippen molar-refractivity contribution in [2.45, 2.75) is 19.4 Å². The molecule has 0 saturated carbocycles. The SMILES string of the molecule is COc1cc(C(=O)N2CC(CN)CC2C)cc2c1OCCO2.Cl. The lowest BCUT2D eigenvalue weighted by molar-refractivity contribution is 0.0741. The molecule has 0 aliphatic carbocycles. The summed E-state index contributed by atoms with van der Waals surface area (Å²) < 4.78 is 16.5. The molecule has 2 N–H and O–H groups in total. The minimum Gasteiger partial charge on any atom is -0.493 e. The van der Waals surface area contributed by atoms with E-state index in [-0.39, 0.29) is 24.4 Å².